The van der Waals surface area contributed by atoms with E-state index in [2.05, 4.69) is 17.2 Å². The predicted octanol–water partition coefficient (Wildman–Crippen LogP) is 5.94. The molecule has 0 unspecified atom stereocenters. The van der Waals surface area contributed by atoms with Crippen LogP contribution in [0.25, 0.3) is 10.9 Å². The molecule has 3 heteroatoms. The molecule has 4 aliphatic carbocycles. The Kier molecular flexibility index (Phi) is 2.57. The van der Waals surface area contributed by atoms with Gasteiger partial charge in [-0.15, -0.1) is 0 Å². The van der Waals surface area contributed by atoms with E-state index in [1.54, 1.807) is 0 Å². The number of aromatic amines is 1. The highest BCUT2D eigenvalue weighted by atomic mass is 35.5. The highest BCUT2D eigenvalue weighted by Crippen LogP contribution is 2.61. The third-order valence-electron chi connectivity index (χ3n) is 6.32. The second-order valence-electron chi connectivity index (χ2n) is 7.71. The number of hydrogen-bond donors (Lipinski definition) is 1. The number of nitrogens with one attached hydrogen (secondary N) is 1. The third kappa shape index (κ3) is 1.77. The minimum atomic E-state index is 0.390. The molecule has 4 fully saturated rings. The largest absolute Gasteiger partial charge is 0.360 e. The maximum absolute atomic E-state index is 6.37. The fourth-order valence-corrected chi connectivity index (χ4v) is 6.58. The Labute approximate surface area is 135 Å². The Bertz CT molecular complexity index is 695. The van der Waals surface area contributed by atoms with Gasteiger partial charge in [-0.05, 0) is 79.4 Å². The fraction of sp³-hybridized carbons (Fsp3) is 0.556. The van der Waals surface area contributed by atoms with Crippen LogP contribution in [0.5, 0.6) is 0 Å². The van der Waals surface area contributed by atoms with Gasteiger partial charge in [-0.1, -0.05) is 23.2 Å². The van der Waals surface area contributed by atoms with E-state index >= 15 is 0 Å². The summed E-state index contributed by atoms with van der Waals surface area (Å²) in [5.41, 5.74) is 2.94. The van der Waals surface area contributed by atoms with Gasteiger partial charge in [0.2, 0.25) is 0 Å². The number of benzene rings is 1. The number of aromatic nitrogens is 1. The highest BCUT2D eigenvalue weighted by molar-refractivity contribution is 6.38. The molecule has 1 N–H and O–H groups in total. The van der Waals surface area contributed by atoms with Crippen LogP contribution in [0.4, 0.5) is 0 Å². The van der Waals surface area contributed by atoms with Crippen LogP contribution in [0.2, 0.25) is 10.0 Å². The zero-order valence-corrected chi connectivity index (χ0v) is 13.5. The lowest BCUT2D eigenvalue weighted by atomic mass is 9.48. The van der Waals surface area contributed by atoms with E-state index in [0.29, 0.717) is 5.41 Å². The molecule has 6 rings (SSSR count). The zero-order chi connectivity index (χ0) is 14.2. The second-order valence-corrected chi connectivity index (χ2v) is 8.55. The van der Waals surface area contributed by atoms with E-state index in [0.717, 1.165) is 33.3 Å². The molecule has 4 bridgehead atoms. The topological polar surface area (TPSA) is 15.8 Å². The first-order valence-corrected chi connectivity index (χ1v) is 8.85. The summed E-state index contributed by atoms with van der Waals surface area (Å²) in [7, 11) is 0. The predicted molar refractivity (Wildman–Crippen MR) is 88.2 cm³/mol. The summed E-state index contributed by atoms with van der Waals surface area (Å²) in [6.45, 7) is 0. The van der Waals surface area contributed by atoms with Gasteiger partial charge >= 0.3 is 0 Å². The molecular weight excluding hydrogens is 301 g/mol. The average Bonchev–Trinajstić information content (AvgIpc) is 2.81. The summed E-state index contributed by atoms with van der Waals surface area (Å²) in [4.78, 5) is 3.42. The summed E-state index contributed by atoms with van der Waals surface area (Å²) < 4.78 is 0. The second kappa shape index (κ2) is 4.20. The molecule has 0 amide bonds. The molecule has 1 nitrogen and oxygen atoms in total. The van der Waals surface area contributed by atoms with Crippen LogP contribution < -0.4 is 0 Å². The van der Waals surface area contributed by atoms with Crippen molar-refractivity contribution in [2.24, 2.45) is 17.8 Å². The van der Waals surface area contributed by atoms with Gasteiger partial charge in [0.15, 0.2) is 0 Å². The van der Waals surface area contributed by atoms with Crippen molar-refractivity contribution in [2.45, 2.75) is 43.9 Å². The summed E-state index contributed by atoms with van der Waals surface area (Å²) in [6, 6.07) is 3.94. The molecule has 110 valence electrons. The minimum absolute atomic E-state index is 0.390. The molecule has 0 aliphatic heterocycles. The van der Waals surface area contributed by atoms with Crippen molar-refractivity contribution < 1.29 is 0 Å². The van der Waals surface area contributed by atoms with Crippen LogP contribution in [0, 0.1) is 17.8 Å². The number of halogens is 2. The van der Waals surface area contributed by atoms with Crippen LogP contribution in [0.1, 0.15) is 44.1 Å². The van der Waals surface area contributed by atoms with E-state index < -0.39 is 0 Å². The van der Waals surface area contributed by atoms with Crippen molar-refractivity contribution in [3.63, 3.8) is 0 Å². The van der Waals surface area contributed by atoms with Gasteiger partial charge in [-0.2, -0.15) is 0 Å². The summed E-state index contributed by atoms with van der Waals surface area (Å²) in [6.07, 6.45) is 10.8. The lowest BCUT2D eigenvalue weighted by Crippen LogP contribution is -2.48. The van der Waals surface area contributed by atoms with Crippen molar-refractivity contribution in [3.8, 4) is 0 Å². The maximum atomic E-state index is 6.37. The van der Waals surface area contributed by atoms with Crippen molar-refractivity contribution in [1.29, 1.82) is 0 Å². The molecular formula is C18H19Cl2N. The molecule has 21 heavy (non-hydrogen) atoms. The molecule has 0 spiro atoms. The van der Waals surface area contributed by atoms with E-state index in [1.807, 2.05) is 6.07 Å². The maximum Gasteiger partial charge on any atom is 0.0661 e. The van der Waals surface area contributed by atoms with Gasteiger partial charge in [0.25, 0.3) is 0 Å². The molecule has 1 aromatic carbocycles. The average molecular weight is 320 g/mol. The highest BCUT2D eigenvalue weighted by Gasteiger charge is 2.52. The lowest BCUT2D eigenvalue weighted by Gasteiger charge is -2.57. The number of rotatable bonds is 1. The normalized spacial score (nSPS) is 37.5. The van der Waals surface area contributed by atoms with Gasteiger partial charge in [0.05, 0.1) is 10.5 Å². The summed E-state index contributed by atoms with van der Waals surface area (Å²) in [5.74, 6) is 2.86. The van der Waals surface area contributed by atoms with Crippen molar-refractivity contribution >= 4 is 34.1 Å². The number of fused-ring (bicyclic) bond motifs is 1. The van der Waals surface area contributed by atoms with Crippen molar-refractivity contribution in [3.05, 3.63) is 33.9 Å². The van der Waals surface area contributed by atoms with E-state index in [4.69, 9.17) is 23.2 Å². The summed E-state index contributed by atoms with van der Waals surface area (Å²) >= 11 is 12.6. The van der Waals surface area contributed by atoms with Gasteiger partial charge < -0.3 is 4.98 Å². The van der Waals surface area contributed by atoms with Gasteiger partial charge in [-0.3, -0.25) is 0 Å². The van der Waals surface area contributed by atoms with E-state index in [-0.39, 0.29) is 0 Å². The van der Waals surface area contributed by atoms with Crippen LogP contribution in [-0.4, -0.2) is 4.98 Å². The minimum Gasteiger partial charge on any atom is -0.360 e. The Morgan fingerprint density at radius 1 is 0.952 bits per heavy atom. The zero-order valence-electron chi connectivity index (χ0n) is 12.0. The molecule has 4 saturated carbocycles. The molecule has 1 aromatic heterocycles. The monoisotopic (exact) mass is 319 g/mol. The van der Waals surface area contributed by atoms with Crippen LogP contribution >= 0.6 is 23.2 Å². The Morgan fingerprint density at radius 3 is 2.19 bits per heavy atom. The Morgan fingerprint density at radius 2 is 1.57 bits per heavy atom. The third-order valence-corrected chi connectivity index (χ3v) is 6.83. The van der Waals surface area contributed by atoms with Crippen LogP contribution in [0.15, 0.2) is 18.3 Å². The first-order chi connectivity index (χ1) is 10.1. The number of hydrogen-bond acceptors (Lipinski definition) is 0. The number of H-pyrrole nitrogens is 1. The van der Waals surface area contributed by atoms with E-state index in [1.165, 1.54) is 49.5 Å². The smallest absolute Gasteiger partial charge is 0.0661 e. The van der Waals surface area contributed by atoms with Crippen molar-refractivity contribution in [1.82, 2.24) is 4.98 Å². The molecule has 2 aromatic rings. The lowest BCUT2D eigenvalue weighted by molar-refractivity contribution is -0.00449. The van der Waals surface area contributed by atoms with E-state index in [9.17, 15) is 0 Å². The van der Waals surface area contributed by atoms with Gasteiger partial charge in [0.1, 0.15) is 0 Å². The molecule has 1 heterocycles. The van der Waals surface area contributed by atoms with Crippen molar-refractivity contribution in [2.75, 3.05) is 0 Å². The van der Waals surface area contributed by atoms with Gasteiger partial charge in [0, 0.05) is 16.6 Å². The standard InChI is InChI=1S/C18H19Cl2N/c19-13-4-14-15(9-21-17(14)16(20)5-13)18-6-10-1-11(7-18)3-12(2-10)8-18/h4-5,9-12,21H,1-3,6-8H2. The fourth-order valence-electron chi connectivity index (χ4n) is 6.03. The molecule has 0 radical (unpaired) electrons. The Hall–Kier alpha value is -0.660. The molecule has 4 aliphatic rings. The summed E-state index contributed by atoms with van der Waals surface area (Å²) in [5, 5.41) is 2.75. The van der Waals surface area contributed by atoms with Crippen LogP contribution in [-0.2, 0) is 5.41 Å². The Balaban J connectivity index is 1.71. The molecule has 0 saturated heterocycles. The first-order valence-electron chi connectivity index (χ1n) is 8.09. The quantitative estimate of drug-likeness (QED) is 0.669. The van der Waals surface area contributed by atoms with Gasteiger partial charge in [-0.25, -0.2) is 0 Å². The molecule has 0 atom stereocenters. The van der Waals surface area contributed by atoms with Crippen LogP contribution in [0.3, 0.4) is 0 Å². The SMILES string of the molecule is Clc1cc(Cl)c2[nH]cc(C34CC5CC(CC(C5)C3)C4)c2c1. The first kappa shape index (κ1) is 12.8.